The number of methoxy groups -OCH3 is 1. The zero-order valence-electron chi connectivity index (χ0n) is 19.7. The van der Waals surface area contributed by atoms with E-state index in [9.17, 15) is 18.9 Å². The first kappa shape index (κ1) is 26.3. The molecule has 4 aromatic rings. The number of pyridine rings is 1. The van der Waals surface area contributed by atoms with Crippen molar-refractivity contribution >= 4 is 45.5 Å². The largest absolute Gasteiger partial charge is 0.497 e. The van der Waals surface area contributed by atoms with E-state index in [0.717, 1.165) is 27.9 Å². The lowest BCUT2D eigenvalue weighted by molar-refractivity contribution is -0.139. The summed E-state index contributed by atoms with van der Waals surface area (Å²) in [5.74, 6) is -1.24. The number of carboxylic acid groups (broad SMARTS) is 1. The standard InChI is InChI=1S/C27H23ClN2O6S/c1-36-20-4-2-3-18(14-20)24-10-7-19-11-16(6-9-23(19)29-24)13-25(27(32)33)30-26(31)21-8-5-17(12-22(21)28)15-37(34)35/h2-12,14,25H,13,15H2,1H3,(H,30,31)(H,32,33)(H,34,35). The average molecular weight is 539 g/mol. The first-order chi connectivity index (χ1) is 17.7. The summed E-state index contributed by atoms with van der Waals surface area (Å²) in [5, 5.41) is 13.1. The third-order valence-corrected chi connectivity index (χ3v) is 6.62. The van der Waals surface area contributed by atoms with E-state index in [1.807, 2.05) is 48.5 Å². The number of carboxylic acids is 1. The fraction of sp³-hybridized carbons (Fsp3) is 0.148. The molecule has 8 nitrogen and oxygen atoms in total. The smallest absolute Gasteiger partial charge is 0.326 e. The average Bonchev–Trinajstić information content (AvgIpc) is 2.87. The summed E-state index contributed by atoms with van der Waals surface area (Å²) < 4.78 is 25.3. The maximum Gasteiger partial charge on any atom is 0.326 e. The summed E-state index contributed by atoms with van der Waals surface area (Å²) in [4.78, 5) is 29.4. The van der Waals surface area contributed by atoms with Crippen molar-refractivity contribution in [3.8, 4) is 17.0 Å². The fourth-order valence-electron chi connectivity index (χ4n) is 3.89. The molecule has 0 radical (unpaired) electrons. The van der Waals surface area contributed by atoms with Gasteiger partial charge >= 0.3 is 5.97 Å². The maximum atomic E-state index is 12.7. The zero-order chi connectivity index (χ0) is 26.5. The predicted octanol–water partition coefficient (Wildman–Crippen LogP) is 4.71. The molecule has 2 atom stereocenters. The molecule has 0 aliphatic carbocycles. The third-order valence-electron chi connectivity index (χ3n) is 5.73. The van der Waals surface area contributed by atoms with E-state index >= 15 is 0 Å². The number of halogens is 1. The Kier molecular flexibility index (Phi) is 8.17. The third kappa shape index (κ3) is 6.51. The second-order valence-corrected chi connectivity index (χ2v) is 9.64. The van der Waals surface area contributed by atoms with Gasteiger partial charge in [-0.05, 0) is 53.6 Å². The molecule has 1 heterocycles. The van der Waals surface area contributed by atoms with E-state index < -0.39 is 29.0 Å². The van der Waals surface area contributed by atoms with Crippen molar-refractivity contribution in [2.75, 3.05) is 7.11 Å². The molecule has 3 N–H and O–H groups in total. The molecule has 10 heteroatoms. The van der Waals surface area contributed by atoms with Gasteiger partial charge in [-0.15, -0.1) is 0 Å². The van der Waals surface area contributed by atoms with Gasteiger partial charge in [0.05, 0.1) is 34.7 Å². The number of aromatic nitrogens is 1. The SMILES string of the molecule is COc1cccc(-c2ccc3cc(CC(NC(=O)c4ccc(CS(=O)O)cc4Cl)C(=O)O)ccc3n2)c1. The Morgan fingerprint density at radius 2 is 1.84 bits per heavy atom. The summed E-state index contributed by atoms with van der Waals surface area (Å²) in [6.07, 6.45) is 0.0495. The number of benzene rings is 3. The van der Waals surface area contributed by atoms with Crippen LogP contribution in [0.15, 0.2) is 72.8 Å². The van der Waals surface area contributed by atoms with Crippen LogP contribution in [-0.4, -0.2) is 43.9 Å². The molecule has 4 rings (SSSR count). The minimum absolute atomic E-state index is 0.0495. The van der Waals surface area contributed by atoms with Gasteiger partial charge in [-0.25, -0.2) is 14.0 Å². The predicted molar refractivity (Wildman–Crippen MR) is 142 cm³/mol. The molecule has 0 spiro atoms. The Morgan fingerprint density at radius 1 is 1.05 bits per heavy atom. The molecule has 2 unspecified atom stereocenters. The van der Waals surface area contributed by atoms with E-state index in [4.69, 9.17) is 25.9 Å². The Hall–Kier alpha value is -3.79. The number of aliphatic carboxylic acids is 1. The van der Waals surface area contributed by atoms with E-state index in [-0.39, 0.29) is 22.8 Å². The number of nitrogens with one attached hydrogen (secondary N) is 1. The molecule has 37 heavy (non-hydrogen) atoms. The van der Waals surface area contributed by atoms with Gasteiger partial charge in [0, 0.05) is 17.4 Å². The Bertz CT molecular complexity index is 1510. The number of amides is 1. The maximum absolute atomic E-state index is 12.7. The monoisotopic (exact) mass is 538 g/mol. The molecule has 0 saturated heterocycles. The van der Waals surface area contributed by atoms with Crippen LogP contribution < -0.4 is 10.1 Å². The normalized spacial score (nSPS) is 12.6. The first-order valence-electron chi connectivity index (χ1n) is 11.2. The van der Waals surface area contributed by atoms with Crippen molar-refractivity contribution in [1.82, 2.24) is 10.3 Å². The van der Waals surface area contributed by atoms with Crippen LogP contribution in [0, 0.1) is 0 Å². The van der Waals surface area contributed by atoms with Crippen molar-refractivity contribution in [1.29, 1.82) is 0 Å². The topological polar surface area (TPSA) is 126 Å². The Morgan fingerprint density at radius 3 is 2.54 bits per heavy atom. The molecular weight excluding hydrogens is 516 g/mol. The number of fused-ring (bicyclic) bond motifs is 1. The van der Waals surface area contributed by atoms with Crippen LogP contribution >= 0.6 is 11.6 Å². The van der Waals surface area contributed by atoms with E-state index in [1.54, 1.807) is 13.2 Å². The molecule has 0 fully saturated rings. The molecular formula is C27H23ClN2O6S. The van der Waals surface area contributed by atoms with Crippen molar-refractivity contribution < 1.29 is 28.2 Å². The fourth-order valence-corrected chi connectivity index (χ4v) is 4.65. The quantitative estimate of drug-likeness (QED) is 0.263. The molecule has 3 aromatic carbocycles. The zero-order valence-corrected chi connectivity index (χ0v) is 21.3. The number of nitrogens with zero attached hydrogens (tertiary/aromatic N) is 1. The van der Waals surface area contributed by atoms with E-state index in [0.29, 0.717) is 11.1 Å². The second-order valence-electron chi connectivity index (χ2n) is 8.30. The highest BCUT2D eigenvalue weighted by Gasteiger charge is 2.23. The molecule has 0 bridgehead atoms. The van der Waals surface area contributed by atoms with Crippen molar-refractivity contribution in [2.24, 2.45) is 0 Å². The van der Waals surface area contributed by atoms with Crippen LogP contribution in [0.1, 0.15) is 21.5 Å². The minimum atomic E-state index is -2.05. The van der Waals surface area contributed by atoms with Gasteiger partial charge in [-0.2, -0.15) is 0 Å². The van der Waals surface area contributed by atoms with Crippen LogP contribution in [0.2, 0.25) is 5.02 Å². The number of rotatable bonds is 9. The van der Waals surface area contributed by atoms with Crippen molar-refractivity contribution in [3.05, 3.63) is 94.5 Å². The van der Waals surface area contributed by atoms with E-state index in [2.05, 4.69) is 5.32 Å². The lowest BCUT2D eigenvalue weighted by Gasteiger charge is -2.16. The van der Waals surface area contributed by atoms with Gasteiger partial charge < -0.3 is 19.7 Å². The minimum Gasteiger partial charge on any atom is -0.497 e. The van der Waals surface area contributed by atoms with Crippen LogP contribution in [0.5, 0.6) is 5.75 Å². The van der Waals surface area contributed by atoms with Gasteiger partial charge in [0.15, 0.2) is 11.1 Å². The van der Waals surface area contributed by atoms with Gasteiger partial charge in [0.2, 0.25) is 0 Å². The summed E-state index contributed by atoms with van der Waals surface area (Å²) >= 11 is 4.12. The summed E-state index contributed by atoms with van der Waals surface area (Å²) in [6, 6.07) is 19.9. The molecule has 1 aromatic heterocycles. The number of hydrogen-bond donors (Lipinski definition) is 3. The lowest BCUT2D eigenvalue weighted by Crippen LogP contribution is -2.42. The Balaban J connectivity index is 1.51. The second kappa shape index (κ2) is 11.5. The first-order valence-corrected chi connectivity index (χ1v) is 12.8. The highest BCUT2D eigenvalue weighted by Crippen LogP contribution is 2.25. The van der Waals surface area contributed by atoms with Crippen LogP contribution in [0.3, 0.4) is 0 Å². The van der Waals surface area contributed by atoms with Gasteiger partial charge in [0.25, 0.3) is 5.91 Å². The lowest BCUT2D eigenvalue weighted by atomic mass is 10.0. The highest BCUT2D eigenvalue weighted by molar-refractivity contribution is 7.78. The molecule has 0 saturated carbocycles. The summed E-state index contributed by atoms with van der Waals surface area (Å²) in [7, 11) is 1.61. The summed E-state index contributed by atoms with van der Waals surface area (Å²) in [5.41, 5.74) is 3.71. The molecule has 0 aliphatic heterocycles. The number of hydrogen-bond acceptors (Lipinski definition) is 5. The summed E-state index contributed by atoms with van der Waals surface area (Å²) in [6.45, 7) is 0. The van der Waals surface area contributed by atoms with Crippen molar-refractivity contribution in [2.45, 2.75) is 18.2 Å². The molecule has 0 aliphatic rings. The van der Waals surface area contributed by atoms with Crippen LogP contribution in [0.4, 0.5) is 0 Å². The number of carbonyl (C=O) groups is 2. The van der Waals surface area contributed by atoms with Gasteiger partial charge in [0.1, 0.15) is 11.8 Å². The Labute approximate surface area is 220 Å². The molecule has 190 valence electrons. The number of carbonyl (C=O) groups excluding carboxylic acids is 1. The highest BCUT2D eigenvalue weighted by atomic mass is 35.5. The van der Waals surface area contributed by atoms with Crippen molar-refractivity contribution in [3.63, 3.8) is 0 Å². The molecule has 1 amide bonds. The van der Waals surface area contributed by atoms with Crippen LogP contribution in [0.25, 0.3) is 22.2 Å². The van der Waals surface area contributed by atoms with Gasteiger partial charge in [-0.3, -0.25) is 4.79 Å². The van der Waals surface area contributed by atoms with E-state index in [1.165, 1.54) is 18.2 Å². The van der Waals surface area contributed by atoms with Gasteiger partial charge in [-0.1, -0.05) is 41.9 Å². The van der Waals surface area contributed by atoms with Crippen LogP contribution in [-0.2, 0) is 28.0 Å². The number of ether oxygens (including phenoxy) is 1.